The van der Waals surface area contributed by atoms with Crippen molar-refractivity contribution < 1.29 is 13.2 Å². The molecule has 14 heavy (non-hydrogen) atoms. The fourth-order valence-electron chi connectivity index (χ4n) is 1.29. The maximum atomic E-state index is 12.5. The molecular weight excluding hydrogens is 195 g/mol. The molecule has 0 aliphatic heterocycles. The van der Waals surface area contributed by atoms with Crippen LogP contribution in [-0.2, 0) is 6.54 Å². The van der Waals surface area contributed by atoms with E-state index in [9.17, 15) is 13.2 Å². The van der Waals surface area contributed by atoms with Gasteiger partial charge in [0, 0.05) is 18.9 Å². The summed E-state index contributed by atoms with van der Waals surface area (Å²) in [4.78, 5) is 3.71. The zero-order valence-corrected chi connectivity index (χ0v) is 7.97. The second-order valence-corrected chi connectivity index (χ2v) is 2.83. The summed E-state index contributed by atoms with van der Waals surface area (Å²) in [5.41, 5.74) is 0. The maximum Gasteiger partial charge on any atom is 0.410 e. The Balaban J connectivity index is 3.01. The number of imidazole rings is 1. The number of hydrogen-bond donors (Lipinski definition) is 1. The molecule has 0 fully saturated rings. The quantitative estimate of drug-likeness (QED) is 0.817. The molecule has 0 amide bonds. The highest BCUT2D eigenvalue weighted by Crippen LogP contribution is 2.31. The fourth-order valence-corrected chi connectivity index (χ4v) is 1.29. The molecule has 0 saturated heterocycles. The van der Waals surface area contributed by atoms with Crippen molar-refractivity contribution in [1.29, 1.82) is 0 Å². The maximum absolute atomic E-state index is 12.5. The lowest BCUT2D eigenvalue weighted by Crippen LogP contribution is -2.34. The number of halogens is 3. The van der Waals surface area contributed by atoms with Gasteiger partial charge in [-0.15, -0.1) is 0 Å². The summed E-state index contributed by atoms with van der Waals surface area (Å²) >= 11 is 0. The lowest BCUT2D eigenvalue weighted by Gasteiger charge is -2.19. The van der Waals surface area contributed by atoms with Gasteiger partial charge in [-0.2, -0.15) is 13.2 Å². The molecule has 1 N–H and O–H groups in total. The van der Waals surface area contributed by atoms with E-state index in [-0.39, 0.29) is 5.82 Å². The number of nitrogens with one attached hydrogen (secondary N) is 1. The van der Waals surface area contributed by atoms with Crippen LogP contribution in [0, 0.1) is 0 Å². The Morgan fingerprint density at radius 3 is 2.64 bits per heavy atom. The molecule has 1 rings (SSSR count). The average Bonchev–Trinajstić information content (AvgIpc) is 2.51. The second kappa shape index (κ2) is 4.00. The first-order chi connectivity index (χ1) is 6.50. The van der Waals surface area contributed by atoms with Crippen LogP contribution in [-0.4, -0.2) is 22.8 Å². The van der Waals surface area contributed by atoms with Gasteiger partial charge < -0.3 is 9.88 Å². The third kappa shape index (κ3) is 2.06. The van der Waals surface area contributed by atoms with Crippen LogP contribution in [0.3, 0.4) is 0 Å². The Kier molecular flexibility index (Phi) is 3.15. The first-order valence-electron chi connectivity index (χ1n) is 4.25. The van der Waals surface area contributed by atoms with Gasteiger partial charge in [-0.25, -0.2) is 4.98 Å². The molecule has 1 aromatic rings. The second-order valence-electron chi connectivity index (χ2n) is 2.83. The smallest absolute Gasteiger partial charge is 0.334 e. The van der Waals surface area contributed by atoms with Crippen LogP contribution in [0.2, 0.25) is 0 Å². The summed E-state index contributed by atoms with van der Waals surface area (Å²) in [6, 6.07) is -1.70. The number of nitrogens with zero attached hydrogens (tertiary/aromatic N) is 2. The lowest BCUT2D eigenvalue weighted by atomic mass is 10.2. The zero-order chi connectivity index (χ0) is 10.8. The van der Waals surface area contributed by atoms with E-state index >= 15 is 0 Å². The first-order valence-corrected chi connectivity index (χ1v) is 4.25. The summed E-state index contributed by atoms with van der Waals surface area (Å²) in [7, 11) is 1.27. The molecule has 0 aliphatic carbocycles. The highest BCUT2D eigenvalue weighted by Gasteiger charge is 2.42. The van der Waals surface area contributed by atoms with Gasteiger partial charge in [0.15, 0.2) is 6.04 Å². The van der Waals surface area contributed by atoms with Gasteiger partial charge in [-0.05, 0) is 14.0 Å². The predicted molar refractivity (Wildman–Crippen MR) is 45.8 cm³/mol. The van der Waals surface area contributed by atoms with E-state index in [0.29, 0.717) is 6.54 Å². The molecule has 1 heterocycles. The Hall–Kier alpha value is -1.04. The standard InChI is InChI=1S/C8H12F3N3/c1-3-14-5-4-13-7(14)6(12-2)8(9,10)11/h4-6,12H,3H2,1-2H3. The van der Waals surface area contributed by atoms with Crippen molar-refractivity contribution in [2.75, 3.05) is 7.05 Å². The van der Waals surface area contributed by atoms with Gasteiger partial charge in [0.05, 0.1) is 0 Å². The molecule has 0 bridgehead atoms. The molecule has 1 atom stereocenters. The predicted octanol–water partition coefficient (Wildman–Crippen LogP) is 1.73. The number of aryl methyl sites for hydroxylation is 1. The molecule has 80 valence electrons. The Bertz CT molecular complexity index is 292. The summed E-state index contributed by atoms with van der Waals surface area (Å²) in [6.07, 6.45) is -1.41. The molecular formula is C8H12F3N3. The van der Waals surface area contributed by atoms with Crippen LogP contribution in [0.5, 0.6) is 0 Å². The summed E-state index contributed by atoms with van der Waals surface area (Å²) in [5.74, 6) is 0.00231. The van der Waals surface area contributed by atoms with Crippen molar-refractivity contribution in [3.8, 4) is 0 Å². The van der Waals surface area contributed by atoms with Gasteiger partial charge in [0.1, 0.15) is 5.82 Å². The first kappa shape index (κ1) is 11.0. The van der Waals surface area contributed by atoms with E-state index in [1.165, 1.54) is 24.0 Å². The molecule has 0 spiro atoms. The van der Waals surface area contributed by atoms with Crippen molar-refractivity contribution in [3.05, 3.63) is 18.2 Å². The number of aromatic nitrogens is 2. The van der Waals surface area contributed by atoms with Crippen molar-refractivity contribution in [1.82, 2.24) is 14.9 Å². The topological polar surface area (TPSA) is 29.9 Å². The van der Waals surface area contributed by atoms with Crippen LogP contribution in [0.25, 0.3) is 0 Å². The van der Waals surface area contributed by atoms with Crippen LogP contribution >= 0.6 is 0 Å². The largest absolute Gasteiger partial charge is 0.410 e. The minimum atomic E-state index is -4.31. The van der Waals surface area contributed by atoms with Crippen molar-refractivity contribution >= 4 is 0 Å². The summed E-state index contributed by atoms with van der Waals surface area (Å²) in [6.45, 7) is 2.25. The monoisotopic (exact) mass is 207 g/mol. The lowest BCUT2D eigenvalue weighted by molar-refractivity contribution is -0.158. The molecule has 1 aromatic heterocycles. The van der Waals surface area contributed by atoms with Gasteiger partial charge in [0.2, 0.25) is 0 Å². The molecule has 1 unspecified atom stereocenters. The zero-order valence-electron chi connectivity index (χ0n) is 7.97. The average molecular weight is 207 g/mol. The van der Waals surface area contributed by atoms with Gasteiger partial charge >= 0.3 is 6.18 Å². The number of rotatable bonds is 3. The minimum Gasteiger partial charge on any atom is -0.334 e. The van der Waals surface area contributed by atoms with Crippen molar-refractivity contribution in [2.45, 2.75) is 25.7 Å². The van der Waals surface area contributed by atoms with E-state index < -0.39 is 12.2 Å². The van der Waals surface area contributed by atoms with Gasteiger partial charge in [-0.3, -0.25) is 0 Å². The Labute approximate surface area is 79.9 Å². The SMILES string of the molecule is CCn1ccnc1C(NC)C(F)(F)F. The highest BCUT2D eigenvalue weighted by atomic mass is 19.4. The molecule has 3 nitrogen and oxygen atoms in total. The van der Waals surface area contributed by atoms with E-state index in [2.05, 4.69) is 10.3 Å². The molecule has 0 aromatic carbocycles. The molecule has 0 aliphatic rings. The molecule has 0 saturated carbocycles. The van der Waals surface area contributed by atoms with Crippen molar-refractivity contribution in [2.24, 2.45) is 0 Å². The third-order valence-electron chi connectivity index (χ3n) is 1.96. The van der Waals surface area contributed by atoms with Gasteiger partial charge in [0.25, 0.3) is 0 Å². The van der Waals surface area contributed by atoms with E-state index in [1.807, 2.05) is 0 Å². The highest BCUT2D eigenvalue weighted by molar-refractivity contribution is 5.02. The van der Waals surface area contributed by atoms with Crippen LogP contribution < -0.4 is 5.32 Å². The van der Waals surface area contributed by atoms with E-state index in [1.54, 1.807) is 6.92 Å². The summed E-state index contributed by atoms with van der Waals surface area (Å²) in [5, 5.41) is 2.21. The van der Waals surface area contributed by atoms with Crippen molar-refractivity contribution in [3.63, 3.8) is 0 Å². The number of alkyl halides is 3. The molecule has 0 radical (unpaired) electrons. The Morgan fingerprint density at radius 2 is 2.21 bits per heavy atom. The molecule has 6 heteroatoms. The van der Waals surface area contributed by atoms with Crippen LogP contribution in [0.15, 0.2) is 12.4 Å². The minimum absolute atomic E-state index is 0.00231. The van der Waals surface area contributed by atoms with E-state index in [0.717, 1.165) is 0 Å². The van der Waals surface area contributed by atoms with E-state index in [4.69, 9.17) is 0 Å². The third-order valence-corrected chi connectivity index (χ3v) is 1.96. The Morgan fingerprint density at radius 1 is 1.57 bits per heavy atom. The van der Waals surface area contributed by atoms with Crippen LogP contribution in [0.4, 0.5) is 13.2 Å². The number of hydrogen-bond acceptors (Lipinski definition) is 2. The van der Waals surface area contributed by atoms with Gasteiger partial charge in [-0.1, -0.05) is 0 Å². The van der Waals surface area contributed by atoms with Crippen LogP contribution in [0.1, 0.15) is 18.8 Å². The fraction of sp³-hybridized carbons (Fsp3) is 0.625. The normalized spacial score (nSPS) is 14.4. The summed E-state index contributed by atoms with van der Waals surface area (Å²) < 4.78 is 38.9.